The van der Waals surface area contributed by atoms with E-state index in [9.17, 15) is 4.79 Å². The predicted octanol–water partition coefficient (Wildman–Crippen LogP) is 2.97. The van der Waals surface area contributed by atoms with E-state index >= 15 is 0 Å². The number of hydrogen-bond acceptors (Lipinski definition) is 1. The molecular formula is C9H10ClOP. The van der Waals surface area contributed by atoms with Crippen molar-refractivity contribution >= 4 is 26.4 Å². The van der Waals surface area contributed by atoms with E-state index in [4.69, 9.17) is 11.6 Å². The van der Waals surface area contributed by atoms with Gasteiger partial charge in [-0.2, -0.15) is 0 Å². The number of halogens is 1. The van der Waals surface area contributed by atoms with Gasteiger partial charge < -0.3 is 0 Å². The zero-order chi connectivity index (χ0) is 9.30. The van der Waals surface area contributed by atoms with Crippen LogP contribution in [0.15, 0.2) is 12.1 Å². The molecule has 64 valence electrons. The van der Waals surface area contributed by atoms with E-state index in [1.165, 1.54) is 0 Å². The molecule has 12 heavy (non-hydrogen) atoms. The Hall–Kier alpha value is -0.390. The van der Waals surface area contributed by atoms with E-state index in [2.05, 4.69) is 9.24 Å². The Bertz CT molecular complexity index is 334. The number of aryl methyl sites for hydroxylation is 1. The molecule has 0 spiro atoms. The minimum atomic E-state index is -0.00694. The van der Waals surface area contributed by atoms with Gasteiger partial charge in [0.25, 0.3) is 0 Å². The molecule has 0 radical (unpaired) electrons. The maximum Gasteiger partial charge on any atom is 0.178 e. The van der Waals surface area contributed by atoms with Crippen LogP contribution in [-0.2, 0) is 0 Å². The first-order valence-corrected chi connectivity index (χ1v) is 4.55. The summed E-state index contributed by atoms with van der Waals surface area (Å²) in [4.78, 5) is 11.1. The summed E-state index contributed by atoms with van der Waals surface area (Å²) in [6, 6.07) is 3.66. The number of benzene rings is 1. The van der Waals surface area contributed by atoms with E-state index in [0.29, 0.717) is 10.6 Å². The minimum Gasteiger partial charge on any atom is -0.290 e. The van der Waals surface area contributed by atoms with Crippen molar-refractivity contribution in [2.45, 2.75) is 13.8 Å². The molecule has 0 saturated carbocycles. The van der Waals surface area contributed by atoms with Crippen LogP contribution in [0.2, 0.25) is 5.02 Å². The second-order valence-corrected chi connectivity index (χ2v) is 3.66. The normalized spacial score (nSPS) is 10.0. The third kappa shape index (κ3) is 1.68. The van der Waals surface area contributed by atoms with Crippen LogP contribution in [0.4, 0.5) is 0 Å². The molecule has 1 unspecified atom stereocenters. The fourth-order valence-corrected chi connectivity index (χ4v) is 1.80. The van der Waals surface area contributed by atoms with Crippen LogP contribution >= 0.6 is 20.8 Å². The van der Waals surface area contributed by atoms with Gasteiger partial charge in [-0.3, -0.25) is 4.79 Å². The maximum atomic E-state index is 11.1. The first-order valence-electron chi connectivity index (χ1n) is 3.59. The highest BCUT2D eigenvalue weighted by Crippen LogP contribution is 2.24. The van der Waals surface area contributed by atoms with Crippen LogP contribution < -0.4 is 0 Å². The molecule has 1 aromatic rings. The fourth-order valence-electron chi connectivity index (χ4n) is 1.20. The summed E-state index contributed by atoms with van der Waals surface area (Å²) in [5.41, 5.74) is 2.54. The topological polar surface area (TPSA) is 17.1 Å². The number of carbonyl (C=O) groups is 1. The zero-order valence-electron chi connectivity index (χ0n) is 7.02. The molecule has 0 aliphatic heterocycles. The lowest BCUT2D eigenvalue weighted by Crippen LogP contribution is -1.97. The number of carbonyl (C=O) groups excluding carboxylic acids is 1. The van der Waals surface area contributed by atoms with Crippen molar-refractivity contribution in [3.05, 3.63) is 33.8 Å². The molecule has 1 atom stereocenters. The molecule has 0 fully saturated rings. The lowest BCUT2D eigenvalue weighted by molar-refractivity contribution is 0.108. The highest BCUT2D eigenvalue weighted by atomic mass is 35.5. The van der Waals surface area contributed by atoms with Gasteiger partial charge in [-0.05, 0) is 31.0 Å². The number of rotatable bonds is 1. The van der Waals surface area contributed by atoms with E-state index in [0.717, 1.165) is 11.1 Å². The molecule has 1 rings (SSSR count). The van der Waals surface area contributed by atoms with Crippen molar-refractivity contribution in [2.24, 2.45) is 0 Å². The SMILES string of the molecule is Cc1ccc(Cl)c(C)c1C(=O)P. The van der Waals surface area contributed by atoms with Gasteiger partial charge in [0.05, 0.1) is 0 Å². The van der Waals surface area contributed by atoms with Gasteiger partial charge in [0.2, 0.25) is 0 Å². The van der Waals surface area contributed by atoms with Crippen molar-refractivity contribution in [3.63, 3.8) is 0 Å². The van der Waals surface area contributed by atoms with E-state index in [-0.39, 0.29) is 5.52 Å². The Morgan fingerprint density at radius 2 is 2.00 bits per heavy atom. The summed E-state index contributed by atoms with van der Waals surface area (Å²) in [6.45, 7) is 3.76. The third-order valence-corrected chi connectivity index (χ3v) is 2.55. The molecule has 0 aromatic heterocycles. The molecular weight excluding hydrogens is 191 g/mol. The molecule has 0 heterocycles. The molecule has 0 aliphatic carbocycles. The number of hydrogen-bond donors (Lipinski definition) is 0. The fraction of sp³-hybridized carbons (Fsp3) is 0.222. The molecule has 1 nitrogen and oxygen atoms in total. The summed E-state index contributed by atoms with van der Waals surface area (Å²) >= 11 is 5.87. The van der Waals surface area contributed by atoms with Gasteiger partial charge in [0, 0.05) is 10.6 Å². The monoisotopic (exact) mass is 200 g/mol. The Labute approximate surface area is 79.3 Å². The maximum absolute atomic E-state index is 11.1. The van der Waals surface area contributed by atoms with Crippen molar-refractivity contribution in [3.8, 4) is 0 Å². The standard InChI is InChI=1S/C9H10ClOP/c1-5-3-4-7(10)6(2)8(5)9(11)12/h3-4H,12H2,1-2H3. The van der Waals surface area contributed by atoms with E-state index in [1.807, 2.05) is 26.0 Å². The summed E-state index contributed by atoms with van der Waals surface area (Å²) < 4.78 is 0. The highest BCUT2D eigenvalue weighted by Gasteiger charge is 2.09. The van der Waals surface area contributed by atoms with Crippen molar-refractivity contribution in [1.82, 2.24) is 0 Å². The Balaban J connectivity index is 3.43. The lowest BCUT2D eigenvalue weighted by atomic mass is 10.0. The van der Waals surface area contributed by atoms with Crippen LogP contribution in [0.25, 0.3) is 0 Å². The lowest BCUT2D eigenvalue weighted by Gasteiger charge is -2.06. The van der Waals surface area contributed by atoms with Gasteiger partial charge in [-0.25, -0.2) is 0 Å². The van der Waals surface area contributed by atoms with Crippen LogP contribution in [0, 0.1) is 13.8 Å². The Morgan fingerprint density at radius 3 is 2.42 bits per heavy atom. The van der Waals surface area contributed by atoms with Crippen LogP contribution in [0.3, 0.4) is 0 Å². The zero-order valence-corrected chi connectivity index (χ0v) is 8.93. The summed E-state index contributed by atoms with van der Waals surface area (Å²) in [5.74, 6) is 0. The molecule has 1 aromatic carbocycles. The van der Waals surface area contributed by atoms with Gasteiger partial charge in [0.15, 0.2) is 5.52 Å². The van der Waals surface area contributed by atoms with Crippen LogP contribution in [0.5, 0.6) is 0 Å². The largest absolute Gasteiger partial charge is 0.290 e. The summed E-state index contributed by atoms with van der Waals surface area (Å²) in [5, 5.41) is 0.645. The van der Waals surface area contributed by atoms with Gasteiger partial charge in [0.1, 0.15) is 0 Å². The molecule has 0 aliphatic rings. The van der Waals surface area contributed by atoms with Gasteiger partial charge in [-0.15, -0.1) is 0 Å². The summed E-state index contributed by atoms with van der Waals surface area (Å²) in [6.07, 6.45) is 0. The molecule has 0 bridgehead atoms. The van der Waals surface area contributed by atoms with Crippen molar-refractivity contribution < 1.29 is 4.79 Å². The highest BCUT2D eigenvalue weighted by molar-refractivity contribution is 7.41. The molecule has 0 saturated heterocycles. The van der Waals surface area contributed by atoms with Crippen LogP contribution in [-0.4, -0.2) is 5.52 Å². The Kier molecular flexibility index (Phi) is 2.87. The smallest absolute Gasteiger partial charge is 0.178 e. The van der Waals surface area contributed by atoms with Crippen molar-refractivity contribution in [1.29, 1.82) is 0 Å². The van der Waals surface area contributed by atoms with Gasteiger partial charge >= 0.3 is 0 Å². The van der Waals surface area contributed by atoms with Crippen LogP contribution in [0.1, 0.15) is 21.5 Å². The van der Waals surface area contributed by atoms with Gasteiger partial charge in [-0.1, -0.05) is 26.9 Å². The Morgan fingerprint density at radius 1 is 1.42 bits per heavy atom. The predicted molar refractivity (Wildman–Crippen MR) is 55.0 cm³/mol. The average Bonchev–Trinajstić information content (AvgIpc) is 1.97. The summed E-state index contributed by atoms with van der Waals surface area (Å²) in [7, 11) is 2.17. The quantitative estimate of drug-likeness (QED) is 0.637. The van der Waals surface area contributed by atoms with E-state index < -0.39 is 0 Å². The second kappa shape index (κ2) is 3.55. The third-order valence-electron chi connectivity index (χ3n) is 1.85. The average molecular weight is 201 g/mol. The molecule has 0 amide bonds. The van der Waals surface area contributed by atoms with Crippen molar-refractivity contribution in [2.75, 3.05) is 0 Å². The molecule has 0 N–H and O–H groups in total. The first-order chi connectivity index (χ1) is 5.54. The first kappa shape index (κ1) is 9.70. The minimum absolute atomic E-state index is 0.00694. The van der Waals surface area contributed by atoms with E-state index in [1.54, 1.807) is 0 Å². The molecule has 3 heteroatoms. The second-order valence-electron chi connectivity index (χ2n) is 2.73.